The van der Waals surface area contributed by atoms with E-state index in [2.05, 4.69) is 42.5 Å². The lowest BCUT2D eigenvalue weighted by molar-refractivity contribution is -0.122. The van der Waals surface area contributed by atoms with Crippen molar-refractivity contribution < 1.29 is 14.3 Å². The molecule has 5 nitrogen and oxygen atoms in total. The molecule has 0 aliphatic carbocycles. The molecule has 0 spiro atoms. The molecule has 0 unspecified atom stereocenters. The molecule has 7 heteroatoms. The van der Waals surface area contributed by atoms with Gasteiger partial charge in [-0.1, -0.05) is 0 Å². The van der Waals surface area contributed by atoms with Crippen LogP contribution in [0.3, 0.4) is 0 Å². The predicted molar refractivity (Wildman–Crippen MR) is 85.0 cm³/mol. The van der Waals surface area contributed by atoms with Gasteiger partial charge in [0.05, 0.1) is 15.6 Å². The maximum atomic E-state index is 11.2. The Labute approximate surface area is 135 Å². The summed E-state index contributed by atoms with van der Waals surface area (Å²) in [6.07, 6.45) is 0. The number of methoxy groups -OCH3 is 1. The first-order valence-electron chi connectivity index (χ1n) is 6.09. The van der Waals surface area contributed by atoms with Crippen LogP contribution >= 0.6 is 31.9 Å². The maximum absolute atomic E-state index is 11.2. The van der Waals surface area contributed by atoms with E-state index in [4.69, 9.17) is 9.47 Å². The summed E-state index contributed by atoms with van der Waals surface area (Å²) in [4.78, 5) is 11.2. The largest absolute Gasteiger partial charge is 0.481 e. The highest BCUT2D eigenvalue weighted by molar-refractivity contribution is 9.11. The van der Waals surface area contributed by atoms with E-state index in [0.29, 0.717) is 12.4 Å². The molecule has 0 saturated heterocycles. The van der Waals surface area contributed by atoms with Crippen LogP contribution in [-0.2, 0) is 16.1 Å². The molecule has 0 saturated carbocycles. The van der Waals surface area contributed by atoms with Crippen molar-refractivity contribution in [3.8, 4) is 5.75 Å². The average molecular weight is 410 g/mol. The van der Waals surface area contributed by atoms with Gasteiger partial charge < -0.3 is 20.1 Å². The minimum Gasteiger partial charge on any atom is -0.481 e. The molecule has 20 heavy (non-hydrogen) atoms. The lowest BCUT2D eigenvalue weighted by atomic mass is 10.2. The maximum Gasteiger partial charge on any atom is 0.257 e. The van der Waals surface area contributed by atoms with Gasteiger partial charge in [-0.25, -0.2) is 0 Å². The zero-order valence-corrected chi connectivity index (χ0v) is 14.6. The Balaban J connectivity index is 2.63. The van der Waals surface area contributed by atoms with E-state index in [9.17, 15) is 4.79 Å². The Morgan fingerprint density at radius 2 is 1.95 bits per heavy atom. The van der Waals surface area contributed by atoms with Crippen molar-refractivity contribution in [2.75, 3.05) is 33.9 Å². The zero-order chi connectivity index (χ0) is 15.0. The highest BCUT2D eigenvalue weighted by Crippen LogP contribution is 2.34. The molecule has 0 radical (unpaired) electrons. The van der Waals surface area contributed by atoms with Crippen molar-refractivity contribution in [2.45, 2.75) is 6.54 Å². The van der Waals surface area contributed by atoms with Crippen LogP contribution in [0.15, 0.2) is 21.1 Å². The van der Waals surface area contributed by atoms with Gasteiger partial charge in [0.25, 0.3) is 5.91 Å². The Bertz CT molecular complexity index is 432. The van der Waals surface area contributed by atoms with E-state index in [-0.39, 0.29) is 12.5 Å². The van der Waals surface area contributed by atoms with E-state index in [1.165, 1.54) is 0 Å². The predicted octanol–water partition coefficient (Wildman–Crippen LogP) is 2.07. The lowest BCUT2D eigenvalue weighted by Gasteiger charge is -2.12. The molecule has 0 bridgehead atoms. The smallest absolute Gasteiger partial charge is 0.257 e. The first-order chi connectivity index (χ1) is 9.58. The van der Waals surface area contributed by atoms with E-state index in [1.807, 2.05) is 12.1 Å². The number of hydrogen-bond acceptors (Lipinski definition) is 4. The highest BCUT2D eigenvalue weighted by atomic mass is 79.9. The number of halogens is 2. The molecular formula is C13H18Br2N2O3. The van der Waals surface area contributed by atoms with Crippen LogP contribution < -0.4 is 15.4 Å². The summed E-state index contributed by atoms with van der Waals surface area (Å²) >= 11 is 6.91. The Morgan fingerprint density at radius 3 is 2.50 bits per heavy atom. The third-order valence-corrected chi connectivity index (χ3v) is 3.67. The second-order valence-electron chi connectivity index (χ2n) is 4.02. The number of ether oxygens (including phenoxy) is 2. The van der Waals surface area contributed by atoms with E-state index in [0.717, 1.165) is 27.6 Å². The number of hydrogen-bond donors (Lipinski definition) is 2. The number of likely N-dealkylation sites (N-methyl/N-ethyl adjacent to an activating group) is 1. The molecular weight excluding hydrogens is 392 g/mol. The fourth-order valence-corrected chi connectivity index (χ4v) is 2.98. The fourth-order valence-electron chi connectivity index (χ4n) is 1.47. The van der Waals surface area contributed by atoms with Crippen molar-refractivity contribution >= 4 is 37.8 Å². The van der Waals surface area contributed by atoms with Gasteiger partial charge in [0.15, 0.2) is 6.61 Å². The molecule has 0 aromatic heterocycles. The monoisotopic (exact) mass is 408 g/mol. The van der Waals surface area contributed by atoms with E-state index < -0.39 is 0 Å². The second kappa shape index (κ2) is 9.33. The van der Waals surface area contributed by atoms with Gasteiger partial charge in [-0.2, -0.15) is 0 Å². The van der Waals surface area contributed by atoms with Crippen LogP contribution in [0.4, 0.5) is 0 Å². The van der Waals surface area contributed by atoms with Crippen LogP contribution in [0.25, 0.3) is 0 Å². The van der Waals surface area contributed by atoms with Crippen LogP contribution in [-0.4, -0.2) is 39.8 Å². The standard InChI is InChI=1S/C13H18Br2N2O3/c1-16-12(18)8-20-13-10(14)5-9(6-11(13)15)7-17-3-4-19-2/h5-6,17H,3-4,7-8H2,1-2H3,(H,16,18). The molecule has 0 aliphatic heterocycles. The number of rotatable bonds is 8. The number of carbonyl (C=O) groups is 1. The van der Waals surface area contributed by atoms with E-state index >= 15 is 0 Å². The van der Waals surface area contributed by atoms with Crippen LogP contribution in [0.2, 0.25) is 0 Å². The SMILES string of the molecule is CNC(=O)COc1c(Br)cc(CNCCOC)cc1Br. The fraction of sp³-hybridized carbons (Fsp3) is 0.462. The first kappa shape index (κ1) is 17.4. The number of nitrogens with one attached hydrogen (secondary N) is 2. The second-order valence-corrected chi connectivity index (χ2v) is 5.73. The molecule has 2 N–H and O–H groups in total. The Kier molecular flexibility index (Phi) is 8.13. The highest BCUT2D eigenvalue weighted by Gasteiger charge is 2.10. The first-order valence-corrected chi connectivity index (χ1v) is 7.68. The third-order valence-electron chi connectivity index (χ3n) is 2.50. The Hall–Kier alpha value is -0.630. The molecule has 0 heterocycles. The molecule has 0 fully saturated rings. The van der Waals surface area contributed by atoms with Gasteiger partial charge in [-0.3, -0.25) is 4.79 Å². The summed E-state index contributed by atoms with van der Waals surface area (Å²) < 4.78 is 12.1. The number of amides is 1. The summed E-state index contributed by atoms with van der Waals surface area (Å²) in [6.45, 7) is 2.19. The lowest BCUT2D eigenvalue weighted by Crippen LogP contribution is -2.25. The molecule has 112 valence electrons. The summed E-state index contributed by atoms with van der Waals surface area (Å²) in [5.41, 5.74) is 1.10. The van der Waals surface area contributed by atoms with Crippen molar-refractivity contribution in [3.05, 3.63) is 26.6 Å². The minimum absolute atomic E-state index is 0.0147. The van der Waals surface area contributed by atoms with Crippen molar-refractivity contribution in [1.82, 2.24) is 10.6 Å². The topological polar surface area (TPSA) is 59.6 Å². The zero-order valence-electron chi connectivity index (χ0n) is 11.5. The molecule has 0 aliphatic rings. The van der Waals surface area contributed by atoms with Gasteiger partial charge in [-0.05, 0) is 49.6 Å². The van der Waals surface area contributed by atoms with Crippen molar-refractivity contribution in [3.63, 3.8) is 0 Å². The molecule has 1 rings (SSSR count). The van der Waals surface area contributed by atoms with E-state index in [1.54, 1.807) is 14.2 Å². The van der Waals surface area contributed by atoms with Crippen LogP contribution in [0, 0.1) is 0 Å². The van der Waals surface area contributed by atoms with Gasteiger partial charge >= 0.3 is 0 Å². The normalized spacial score (nSPS) is 10.4. The molecule has 1 aromatic carbocycles. The summed E-state index contributed by atoms with van der Waals surface area (Å²) in [5, 5.41) is 5.77. The number of benzene rings is 1. The molecule has 0 atom stereocenters. The van der Waals surface area contributed by atoms with Gasteiger partial charge in [0, 0.05) is 27.2 Å². The molecule has 1 amide bonds. The average Bonchev–Trinajstić information content (AvgIpc) is 2.42. The minimum atomic E-state index is -0.172. The van der Waals surface area contributed by atoms with Crippen molar-refractivity contribution in [2.24, 2.45) is 0 Å². The number of carbonyl (C=O) groups excluding carboxylic acids is 1. The van der Waals surface area contributed by atoms with Crippen LogP contribution in [0.5, 0.6) is 5.75 Å². The van der Waals surface area contributed by atoms with Gasteiger partial charge in [0.2, 0.25) is 0 Å². The quantitative estimate of drug-likeness (QED) is 0.645. The molecule has 1 aromatic rings. The third kappa shape index (κ3) is 5.78. The van der Waals surface area contributed by atoms with Crippen LogP contribution in [0.1, 0.15) is 5.56 Å². The summed E-state index contributed by atoms with van der Waals surface area (Å²) in [5.74, 6) is 0.448. The van der Waals surface area contributed by atoms with Gasteiger partial charge in [-0.15, -0.1) is 0 Å². The summed E-state index contributed by atoms with van der Waals surface area (Å²) in [7, 11) is 3.25. The summed E-state index contributed by atoms with van der Waals surface area (Å²) in [6, 6.07) is 3.92. The van der Waals surface area contributed by atoms with Gasteiger partial charge in [0.1, 0.15) is 5.75 Å². The van der Waals surface area contributed by atoms with Crippen molar-refractivity contribution in [1.29, 1.82) is 0 Å². The Morgan fingerprint density at radius 1 is 1.30 bits per heavy atom.